The lowest BCUT2D eigenvalue weighted by Crippen LogP contribution is -2.55. The SMILES string of the molecule is c1ccc2c(c1)-c1cccc(N(c3ccc4c(c3)oc3ccccc34)c3cccc4ccccc34)c1C21C2CC3CC(C2)CC1C3. The molecular formula is C44H35NO. The van der Waals surface area contributed by atoms with Gasteiger partial charge in [0.2, 0.25) is 0 Å². The maximum atomic E-state index is 6.51. The Balaban J connectivity index is 1.23. The van der Waals surface area contributed by atoms with Crippen LogP contribution >= 0.6 is 0 Å². The molecule has 0 aliphatic heterocycles. The number of hydrogen-bond donors (Lipinski definition) is 0. The van der Waals surface area contributed by atoms with E-state index in [1.165, 1.54) is 76.2 Å². The van der Waals surface area contributed by atoms with Crippen molar-refractivity contribution < 1.29 is 4.42 Å². The van der Waals surface area contributed by atoms with E-state index in [4.69, 9.17) is 4.42 Å². The number of fused-ring (bicyclic) bond motifs is 7. The Morgan fingerprint density at radius 3 is 2.04 bits per heavy atom. The summed E-state index contributed by atoms with van der Waals surface area (Å²) in [5.41, 5.74) is 11.7. The molecule has 0 radical (unpaired) electrons. The highest BCUT2D eigenvalue weighted by molar-refractivity contribution is 6.07. The highest BCUT2D eigenvalue weighted by Gasteiger charge is 2.62. The second kappa shape index (κ2) is 9.13. The van der Waals surface area contributed by atoms with Crippen molar-refractivity contribution in [3.8, 4) is 11.1 Å². The fourth-order valence-electron chi connectivity index (χ4n) is 11.0. The molecule has 6 aromatic carbocycles. The van der Waals surface area contributed by atoms with Crippen molar-refractivity contribution in [2.75, 3.05) is 4.90 Å². The predicted molar refractivity (Wildman–Crippen MR) is 189 cm³/mol. The van der Waals surface area contributed by atoms with E-state index in [0.29, 0.717) is 11.8 Å². The predicted octanol–water partition coefficient (Wildman–Crippen LogP) is 11.9. The average molecular weight is 594 g/mol. The molecular weight excluding hydrogens is 558 g/mol. The minimum absolute atomic E-state index is 0.0578. The summed E-state index contributed by atoms with van der Waals surface area (Å²) in [5, 5.41) is 4.86. The lowest BCUT2D eigenvalue weighted by molar-refractivity contribution is -0.0397. The van der Waals surface area contributed by atoms with Gasteiger partial charge in [-0.2, -0.15) is 0 Å². The molecule has 4 fully saturated rings. The molecule has 222 valence electrons. The van der Waals surface area contributed by atoms with Gasteiger partial charge >= 0.3 is 0 Å². The first-order valence-corrected chi connectivity index (χ1v) is 17.2. The smallest absolute Gasteiger partial charge is 0.137 e. The Bertz CT molecular complexity index is 2330. The minimum atomic E-state index is 0.0578. The molecule has 2 heteroatoms. The first-order chi connectivity index (χ1) is 22.8. The normalized spacial score (nSPS) is 25.5. The van der Waals surface area contributed by atoms with E-state index in [1.807, 2.05) is 0 Å². The Kier molecular flexibility index (Phi) is 5.04. The molecule has 0 N–H and O–H groups in total. The molecule has 1 heterocycles. The molecule has 5 aliphatic carbocycles. The number of para-hydroxylation sites is 1. The van der Waals surface area contributed by atoms with Crippen molar-refractivity contribution in [3.05, 3.63) is 139 Å². The molecule has 5 aliphatic rings. The number of nitrogens with zero attached hydrogens (tertiary/aromatic N) is 1. The van der Waals surface area contributed by atoms with E-state index in [-0.39, 0.29) is 5.41 Å². The molecule has 46 heavy (non-hydrogen) atoms. The molecule has 7 aromatic rings. The number of furan rings is 1. The summed E-state index contributed by atoms with van der Waals surface area (Å²) >= 11 is 0. The average Bonchev–Trinajstić information content (AvgIpc) is 3.61. The van der Waals surface area contributed by atoms with Crippen LogP contribution in [0.4, 0.5) is 17.1 Å². The molecule has 0 saturated heterocycles. The first kappa shape index (κ1) is 25.4. The van der Waals surface area contributed by atoms with Crippen LogP contribution < -0.4 is 4.90 Å². The van der Waals surface area contributed by atoms with Crippen LogP contribution in [0.2, 0.25) is 0 Å². The molecule has 4 bridgehead atoms. The fourth-order valence-corrected chi connectivity index (χ4v) is 11.0. The van der Waals surface area contributed by atoms with Crippen LogP contribution in [0.15, 0.2) is 132 Å². The van der Waals surface area contributed by atoms with E-state index in [1.54, 1.807) is 11.1 Å². The highest BCUT2D eigenvalue weighted by atomic mass is 16.3. The zero-order valence-electron chi connectivity index (χ0n) is 25.8. The molecule has 0 amide bonds. The van der Waals surface area contributed by atoms with E-state index < -0.39 is 0 Å². The Labute approximate surface area is 269 Å². The van der Waals surface area contributed by atoms with Crippen molar-refractivity contribution in [3.63, 3.8) is 0 Å². The molecule has 1 aromatic heterocycles. The third kappa shape index (κ3) is 3.22. The number of benzene rings is 6. The van der Waals surface area contributed by atoms with Gasteiger partial charge in [-0.15, -0.1) is 0 Å². The van der Waals surface area contributed by atoms with Crippen LogP contribution in [0.25, 0.3) is 43.8 Å². The van der Waals surface area contributed by atoms with Gasteiger partial charge < -0.3 is 9.32 Å². The molecule has 4 saturated carbocycles. The van der Waals surface area contributed by atoms with Crippen molar-refractivity contribution in [2.24, 2.45) is 23.7 Å². The third-order valence-electron chi connectivity index (χ3n) is 12.4. The monoisotopic (exact) mass is 593 g/mol. The van der Waals surface area contributed by atoms with Crippen molar-refractivity contribution in [2.45, 2.75) is 37.5 Å². The summed E-state index contributed by atoms with van der Waals surface area (Å²) in [5.74, 6) is 3.20. The summed E-state index contributed by atoms with van der Waals surface area (Å²) in [6.07, 6.45) is 6.93. The zero-order valence-corrected chi connectivity index (χ0v) is 25.8. The van der Waals surface area contributed by atoms with Crippen LogP contribution in [0.1, 0.15) is 43.2 Å². The number of rotatable bonds is 3. The van der Waals surface area contributed by atoms with Crippen molar-refractivity contribution >= 4 is 49.8 Å². The van der Waals surface area contributed by atoms with Gasteiger partial charge in [0.15, 0.2) is 0 Å². The lowest BCUT2D eigenvalue weighted by Gasteiger charge is -2.61. The number of hydrogen-bond acceptors (Lipinski definition) is 2. The van der Waals surface area contributed by atoms with Crippen LogP contribution in [0.5, 0.6) is 0 Å². The number of anilines is 3. The van der Waals surface area contributed by atoms with Gasteiger partial charge in [-0.25, -0.2) is 0 Å². The summed E-state index contributed by atoms with van der Waals surface area (Å²) in [6, 6.07) is 47.5. The second-order valence-corrected chi connectivity index (χ2v) is 14.5. The van der Waals surface area contributed by atoms with Gasteiger partial charge in [-0.3, -0.25) is 0 Å². The Hall–Kier alpha value is -4.82. The van der Waals surface area contributed by atoms with E-state index in [2.05, 4.69) is 132 Å². The molecule has 1 spiro atoms. The Morgan fingerprint density at radius 2 is 1.17 bits per heavy atom. The van der Waals surface area contributed by atoms with Gasteiger partial charge in [0.05, 0.1) is 11.4 Å². The second-order valence-electron chi connectivity index (χ2n) is 14.5. The van der Waals surface area contributed by atoms with Gasteiger partial charge in [0.1, 0.15) is 11.2 Å². The van der Waals surface area contributed by atoms with Gasteiger partial charge in [0.25, 0.3) is 0 Å². The van der Waals surface area contributed by atoms with E-state index in [9.17, 15) is 0 Å². The van der Waals surface area contributed by atoms with E-state index in [0.717, 1.165) is 28.7 Å². The largest absolute Gasteiger partial charge is 0.456 e. The Morgan fingerprint density at radius 1 is 0.522 bits per heavy atom. The standard InChI is InChI=1S/C44H35NO/c1-2-11-33-29(9-1)10-7-16-39(33)45(32-19-20-36-35-13-4-6-18-41(35)46-42(36)26-32)40-17-8-14-37-34-12-3-5-15-38(34)44(43(37)40)30-22-27-21-28(24-30)25-31(44)23-27/h1-20,26-28,30-31H,21-25H2. The van der Waals surface area contributed by atoms with Gasteiger partial charge in [-0.1, -0.05) is 91.0 Å². The van der Waals surface area contributed by atoms with Crippen LogP contribution in [-0.2, 0) is 5.41 Å². The van der Waals surface area contributed by atoms with Gasteiger partial charge in [0, 0.05) is 33.3 Å². The molecule has 2 nitrogen and oxygen atoms in total. The topological polar surface area (TPSA) is 16.4 Å². The first-order valence-electron chi connectivity index (χ1n) is 17.2. The fraction of sp³-hybridized carbons (Fsp3) is 0.227. The zero-order chi connectivity index (χ0) is 30.0. The summed E-state index contributed by atoms with van der Waals surface area (Å²) < 4.78 is 6.51. The minimum Gasteiger partial charge on any atom is -0.456 e. The third-order valence-corrected chi connectivity index (χ3v) is 12.4. The van der Waals surface area contributed by atoms with Gasteiger partial charge in [-0.05, 0) is 114 Å². The van der Waals surface area contributed by atoms with Crippen molar-refractivity contribution in [1.29, 1.82) is 0 Å². The highest BCUT2D eigenvalue weighted by Crippen LogP contribution is 2.71. The summed E-state index contributed by atoms with van der Waals surface area (Å²) in [7, 11) is 0. The quantitative estimate of drug-likeness (QED) is 0.203. The van der Waals surface area contributed by atoms with Crippen LogP contribution in [0.3, 0.4) is 0 Å². The van der Waals surface area contributed by atoms with E-state index >= 15 is 0 Å². The van der Waals surface area contributed by atoms with Crippen LogP contribution in [-0.4, -0.2) is 0 Å². The molecule has 0 unspecified atom stereocenters. The van der Waals surface area contributed by atoms with Crippen LogP contribution in [0, 0.1) is 23.7 Å². The summed E-state index contributed by atoms with van der Waals surface area (Å²) in [4.78, 5) is 2.58. The molecule has 0 atom stereocenters. The molecule has 12 rings (SSSR count). The maximum Gasteiger partial charge on any atom is 0.137 e. The summed E-state index contributed by atoms with van der Waals surface area (Å²) in [6.45, 7) is 0. The lowest BCUT2D eigenvalue weighted by atomic mass is 9.43. The maximum absolute atomic E-state index is 6.51. The van der Waals surface area contributed by atoms with Crippen molar-refractivity contribution in [1.82, 2.24) is 0 Å².